The van der Waals surface area contributed by atoms with Crippen LogP contribution in [-0.2, 0) is 0 Å². The van der Waals surface area contributed by atoms with Gasteiger partial charge in [0.15, 0.2) is 0 Å². The van der Waals surface area contributed by atoms with Gasteiger partial charge in [0.25, 0.3) is 0 Å². The van der Waals surface area contributed by atoms with E-state index < -0.39 is 5.97 Å². The molecular formula is C19H19FN2O2. The number of carboxylic acids is 1. The molecule has 2 aromatic rings. The smallest absolute Gasteiger partial charge is 0.335 e. The summed E-state index contributed by atoms with van der Waals surface area (Å²) < 4.78 is 14.4. The average molecular weight is 326 g/mol. The number of aryl methyl sites for hydroxylation is 1. The number of hydrogen-bond donors (Lipinski definition) is 1. The van der Waals surface area contributed by atoms with Crippen LogP contribution >= 0.6 is 0 Å². The zero-order valence-electron chi connectivity index (χ0n) is 13.5. The van der Waals surface area contributed by atoms with Gasteiger partial charge in [-0.25, -0.2) is 9.18 Å². The highest BCUT2D eigenvalue weighted by molar-refractivity contribution is 5.89. The predicted molar refractivity (Wildman–Crippen MR) is 93.2 cm³/mol. The highest BCUT2D eigenvalue weighted by Gasteiger charge is 2.17. The van der Waals surface area contributed by atoms with Gasteiger partial charge in [0.1, 0.15) is 5.82 Å². The summed E-state index contributed by atoms with van der Waals surface area (Å²) >= 11 is 0. The number of benzene rings is 2. The van der Waals surface area contributed by atoms with Gasteiger partial charge in [-0.05, 0) is 61.2 Å². The number of nitrogens with zero attached hydrogens (tertiary/aromatic N) is 2. The fraction of sp³-hybridized carbons (Fsp3) is 0.263. The summed E-state index contributed by atoms with van der Waals surface area (Å²) in [6.07, 6.45) is 3.77. The molecule has 1 aliphatic rings. The summed E-state index contributed by atoms with van der Waals surface area (Å²) in [5.74, 6) is -1.24. The summed E-state index contributed by atoms with van der Waals surface area (Å²) in [6, 6.07) is 9.71. The van der Waals surface area contributed by atoms with Gasteiger partial charge in [-0.15, -0.1) is 0 Å². The van der Waals surface area contributed by atoms with Crippen molar-refractivity contribution in [2.75, 3.05) is 18.0 Å². The van der Waals surface area contributed by atoms with Crippen LogP contribution in [0.2, 0.25) is 0 Å². The molecule has 1 heterocycles. The maximum Gasteiger partial charge on any atom is 0.335 e. The number of aliphatic imine (C=N–C) groups is 1. The van der Waals surface area contributed by atoms with Gasteiger partial charge >= 0.3 is 5.97 Å². The topological polar surface area (TPSA) is 52.9 Å². The first kappa shape index (κ1) is 16.2. The van der Waals surface area contributed by atoms with Crippen LogP contribution in [0.4, 0.5) is 15.8 Å². The van der Waals surface area contributed by atoms with Crippen molar-refractivity contribution in [2.45, 2.75) is 19.8 Å². The number of halogens is 1. The lowest BCUT2D eigenvalue weighted by Crippen LogP contribution is -2.19. The molecule has 0 aliphatic carbocycles. The summed E-state index contributed by atoms with van der Waals surface area (Å²) in [7, 11) is 0. The molecule has 0 bridgehead atoms. The first-order valence-electron chi connectivity index (χ1n) is 7.97. The van der Waals surface area contributed by atoms with Crippen LogP contribution < -0.4 is 4.90 Å². The second-order valence-electron chi connectivity index (χ2n) is 5.97. The van der Waals surface area contributed by atoms with Crippen molar-refractivity contribution in [1.82, 2.24) is 0 Å². The third kappa shape index (κ3) is 3.45. The molecule has 1 saturated heterocycles. The number of anilines is 1. The van der Waals surface area contributed by atoms with E-state index in [1.165, 1.54) is 18.2 Å². The van der Waals surface area contributed by atoms with Crippen molar-refractivity contribution < 1.29 is 14.3 Å². The van der Waals surface area contributed by atoms with Gasteiger partial charge in [-0.2, -0.15) is 0 Å². The lowest BCUT2D eigenvalue weighted by molar-refractivity contribution is 0.0697. The van der Waals surface area contributed by atoms with Crippen LogP contribution in [0.15, 0.2) is 41.4 Å². The van der Waals surface area contributed by atoms with Crippen molar-refractivity contribution in [2.24, 2.45) is 4.99 Å². The predicted octanol–water partition coefficient (Wildman–Crippen LogP) is 4.18. The Hall–Kier alpha value is -2.69. The molecule has 0 atom stereocenters. The van der Waals surface area contributed by atoms with E-state index in [1.807, 2.05) is 13.0 Å². The summed E-state index contributed by atoms with van der Waals surface area (Å²) in [5.41, 5.74) is 2.98. The van der Waals surface area contributed by atoms with E-state index in [-0.39, 0.29) is 11.4 Å². The fourth-order valence-electron chi connectivity index (χ4n) is 2.88. The zero-order chi connectivity index (χ0) is 17.1. The largest absolute Gasteiger partial charge is 0.478 e. The van der Waals surface area contributed by atoms with Crippen molar-refractivity contribution in [3.63, 3.8) is 0 Å². The molecule has 0 aromatic heterocycles. The maximum atomic E-state index is 14.4. The molecule has 24 heavy (non-hydrogen) atoms. The molecule has 4 nitrogen and oxygen atoms in total. The Balaban J connectivity index is 1.86. The molecule has 0 amide bonds. The molecule has 0 spiro atoms. The van der Waals surface area contributed by atoms with Gasteiger partial charge in [0, 0.05) is 19.3 Å². The normalized spacial score (nSPS) is 14.5. The Labute approximate surface area is 140 Å². The Morgan fingerprint density at radius 2 is 2.00 bits per heavy atom. The van der Waals surface area contributed by atoms with Gasteiger partial charge < -0.3 is 10.0 Å². The molecule has 1 N–H and O–H groups in total. The van der Waals surface area contributed by atoms with Crippen molar-refractivity contribution in [3.8, 4) is 0 Å². The molecule has 3 rings (SSSR count). The average Bonchev–Trinajstić information content (AvgIpc) is 3.09. The first-order chi connectivity index (χ1) is 11.5. The minimum absolute atomic E-state index is 0.178. The standard InChI is InChI=1S/C19H19FN2O2/c1-13-9-18(22-7-2-3-8-22)17(20)11-15(13)12-21-16-6-4-5-14(10-16)19(23)24/h4-6,9-12H,2-3,7-8H2,1H3,(H,23,24). The SMILES string of the molecule is Cc1cc(N2CCCC2)c(F)cc1C=Nc1cccc(C(=O)O)c1. The van der Waals surface area contributed by atoms with Crippen LogP contribution in [0.5, 0.6) is 0 Å². The molecule has 0 saturated carbocycles. The van der Waals surface area contributed by atoms with Crippen molar-refractivity contribution in [3.05, 3.63) is 58.9 Å². The Morgan fingerprint density at radius 3 is 2.71 bits per heavy atom. The van der Waals surface area contributed by atoms with Crippen molar-refractivity contribution in [1.29, 1.82) is 0 Å². The third-order valence-corrected chi connectivity index (χ3v) is 4.23. The number of hydrogen-bond acceptors (Lipinski definition) is 3. The Morgan fingerprint density at radius 1 is 1.25 bits per heavy atom. The van der Waals surface area contributed by atoms with Crippen molar-refractivity contribution >= 4 is 23.6 Å². The van der Waals surface area contributed by atoms with Crippen LogP contribution in [0.25, 0.3) is 0 Å². The molecule has 1 aliphatic heterocycles. The highest BCUT2D eigenvalue weighted by Crippen LogP contribution is 2.26. The van der Waals surface area contributed by atoms with Crippen LogP contribution in [0, 0.1) is 12.7 Å². The summed E-state index contributed by atoms with van der Waals surface area (Å²) in [4.78, 5) is 17.3. The van der Waals surface area contributed by atoms with Gasteiger partial charge in [-0.3, -0.25) is 4.99 Å². The monoisotopic (exact) mass is 326 g/mol. The lowest BCUT2D eigenvalue weighted by atomic mass is 10.1. The summed E-state index contributed by atoms with van der Waals surface area (Å²) in [6.45, 7) is 3.71. The lowest BCUT2D eigenvalue weighted by Gasteiger charge is -2.19. The van der Waals surface area contributed by atoms with E-state index in [2.05, 4.69) is 9.89 Å². The van der Waals surface area contributed by atoms with Gasteiger partial charge in [-0.1, -0.05) is 6.07 Å². The zero-order valence-corrected chi connectivity index (χ0v) is 13.5. The van der Waals surface area contributed by atoms with Crippen LogP contribution in [0.3, 0.4) is 0 Å². The fourth-order valence-corrected chi connectivity index (χ4v) is 2.88. The number of rotatable bonds is 4. The van der Waals surface area contributed by atoms with E-state index in [1.54, 1.807) is 18.3 Å². The second kappa shape index (κ2) is 6.83. The molecule has 5 heteroatoms. The number of aromatic carboxylic acids is 1. The second-order valence-corrected chi connectivity index (χ2v) is 5.97. The maximum absolute atomic E-state index is 14.4. The first-order valence-corrected chi connectivity index (χ1v) is 7.97. The van der Waals surface area contributed by atoms with Gasteiger partial charge in [0.05, 0.1) is 16.9 Å². The highest BCUT2D eigenvalue weighted by atomic mass is 19.1. The molecular weight excluding hydrogens is 307 g/mol. The Kier molecular flexibility index (Phi) is 4.60. The van der Waals surface area contributed by atoms with E-state index >= 15 is 0 Å². The van der Waals surface area contributed by atoms with Crippen LogP contribution in [-0.4, -0.2) is 30.4 Å². The molecule has 124 valence electrons. The van der Waals surface area contributed by atoms with Crippen LogP contribution in [0.1, 0.15) is 34.3 Å². The van der Waals surface area contributed by atoms with E-state index in [4.69, 9.17) is 5.11 Å². The number of carboxylic acid groups (broad SMARTS) is 1. The third-order valence-electron chi connectivity index (χ3n) is 4.23. The molecule has 1 fully saturated rings. The quantitative estimate of drug-likeness (QED) is 0.857. The minimum Gasteiger partial charge on any atom is -0.478 e. The Bertz CT molecular complexity index is 796. The number of carbonyl (C=O) groups is 1. The summed E-state index contributed by atoms with van der Waals surface area (Å²) in [5, 5.41) is 9.00. The molecule has 0 radical (unpaired) electrons. The van der Waals surface area contributed by atoms with E-state index in [0.29, 0.717) is 16.9 Å². The molecule has 0 unspecified atom stereocenters. The van der Waals surface area contributed by atoms with E-state index in [0.717, 1.165) is 31.5 Å². The van der Waals surface area contributed by atoms with Gasteiger partial charge in [0.2, 0.25) is 0 Å². The molecule has 2 aromatic carbocycles. The van der Waals surface area contributed by atoms with E-state index in [9.17, 15) is 9.18 Å². The minimum atomic E-state index is -0.996.